The van der Waals surface area contributed by atoms with Gasteiger partial charge in [-0.2, -0.15) is 11.8 Å². The molecule has 7 heteroatoms. The van der Waals surface area contributed by atoms with Crippen molar-refractivity contribution in [3.8, 4) is 0 Å². The van der Waals surface area contributed by atoms with E-state index in [1.807, 2.05) is 11.0 Å². The van der Waals surface area contributed by atoms with Crippen LogP contribution in [0.5, 0.6) is 0 Å². The Hall–Kier alpha value is -0.790. The third kappa shape index (κ3) is 3.90. The monoisotopic (exact) mass is 332 g/mol. The van der Waals surface area contributed by atoms with Gasteiger partial charge in [-0.1, -0.05) is 6.92 Å². The number of hydrogen-bond donors (Lipinski definition) is 1. The minimum absolute atomic E-state index is 0.0969. The Morgan fingerprint density at radius 2 is 2.19 bits per heavy atom. The molecule has 0 spiro atoms. The van der Waals surface area contributed by atoms with Crippen molar-refractivity contribution in [2.45, 2.75) is 18.7 Å². The highest BCUT2D eigenvalue weighted by Gasteiger charge is 2.33. The van der Waals surface area contributed by atoms with Gasteiger partial charge in [0.25, 0.3) is 0 Å². The second-order valence-electron chi connectivity index (χ2n) is 5.03. The maximum absolute atomic E-state index is 13.8. The molecule has 1 atom stereocenters. The summed E-state index contributed by atoms with van der Waals surface area (Å²) in [4.78, 5) is 1.82. The molecule has 0 amide bonds. The Labute approximate surface area is 129 Å². The zero-order chi connectivity index (χ0) is 15.5. The molecule has 1 aliphatic heterocycles. The molecule has 1 saturated heterocycles. The highest BCUT2D eigenvalue weighted by atomic mass is 32.2. The molecule has 118 valence electrons. The maximum atomic E-state index is 13.8. The molecule has 1 heterocycles. The van der Waals surface area contributed by atoms with Crippen LogP contribution in [0.1, 0.15) is 12.5 Å². The van der Waals surface area contributed by atoms with Crippen molar-refractivity contribution in [2.75, 3.05) is 35.2 Å². The number of halogens is 1. The predicted octanol–water partition coefficient (Wildman–Crippen LogP) is 1.64. The molecule has 2 N–H and O–H groups in total. The average molecular weight is 332 g/mol. The van der Waals surface area contributed by atoms with Gasteiger partial charge in [0.15, 0.2) is 9.84 Å². The van der Waals surface area contributed by atoms with Crippen LogP contribution in [0.4, 0.5) is 10.1 Å². The molecule has 0 radical (unpaired) electrons. The molecule has 2 rings (SSSR count). The Kier molecular flexibility index (Phi) is 5.51. The minimum atomic E-state index is -3.20. The van der Waals surface area contributed by atoms with E-state index in [0.29, 0.717) is 31.0 Å². The highest BCUT2D eigenvalue weighted by molar-refractivity contribution is 8.01. The van der Waals surface area contributed by atoms with Crippen LogP contribution in [0.2, 0.25) is 0 Å². The summed E-state index contributed by atoms with van der Waals surface area (Å²) in [6, 6.07) is 4.72. The van der Waals surface area contributed by atoms with Crippen LogP contribution in [0.3, 0.4) is 0 Å². The minimum Gasteiger partial charge on any atom is -0.353 e. The molecule has 0 aromatic heterocycles. The van der Waals surface area contributed by atoms with Gasteiger partial charge >= 0.3 is 0 Å². The number of sulfone groups is 1. The molecule has 0 bridgehead atoms. The molecule has 0 saturated carbocycles. The van der Waals surface area contributed by atoms with Crippen LogP contribution in [-0.4, -0.2) is 44.1 Å². The standard InChI is InChI=1S/C14H21FN2O2S2/c1-2-21(18,19)14-10-20-6-5-17(14)13-8-11(3-4-16)7-12(15)9-13/h7-9,14H,2-6,10,16H2,1H3. The van der Waals surface area contributed by atoms with Crippen molar-refractivity contribution >= 4 is 27.3 Å². The molecule has 0 aliphatic carbocycles. The summed E-state index contributed by atoms with van der Waals surface area (Å²) in [6.45, 7) is 2.70. The third-order valence-corrected chi connectivity index (χ3v) is 6.90. The van der Waals surface area contributed by atoms with Gasteiger partial charge in [-0.3, -0.25) is 0 Å². The molecule has 1 unspecified atom stereocenters. The van der Waals surface area contributed by atoms with Crippen molar-refractivity contribution in [1.29, 1.82) is 0 Å². The van der Waals surface area contributed by atoms with Gasteiger partial charge in [-0.15, -0.1) is 0 Å². The fourth-order valence-corrected chi connectivity index (χ4v) is 5.47. The Morgan fingerprint density at radius 3 is 2.86 bits per heavy atom. The van der Waals surface area contributed by atoms with Gasteiger partial charge in [-0.25, -0.2) is 12.8 Å². The lowest BCUT2D eigenvalue weighted by Gasteiger charge is -2.36. The summed E-state index contributed by atoms with van der Waals surface area (Å²) >= 11 is 1.63. The van der Waals surface area contributed by atoms with E-state index in [1.54, 1.807) is 18.7 Å². The average Bonchev–Trinajstić information content (AvgIpc) is 2.47. The van der Waals surface area contributed by atoms with E-state index in [4.69, 9.17) is 5.73 Å². The van der Waals surface area contributed by atoms with Crippen molar-refractivity contribution < 1.29 is 12.8 Å². The molecule has 1 aliphatic rings. The maximum Gasteiger partial charge on any atom is 0.171 e. The lowest BCUT2D eigenvalue weighted by atomic mass is 10.1. The number of nitrogens with two attached hydrogens (primary N) is 1. The van der Waals surface area contributed by atoms with Crippen LogP contribution in [-0.2, 0) is 16.3 Å². The SMILES string of the molecule is CCS(=O)(=O)C1CSCCN1c1cc(F)cc(CCN)c1. The largest absolute Gasteiger partial charge is 0.353 e. The van der Waals surface area contributed by atoms with E-state index in [1.165, 1.54) is 12.1 Å². The molecular formula is C14H21FN2O2S2. The Balaban J connectivity index is 2.37. The smallest absolute Gasteiger partial charge is 0.171 e. The van der Waals surface area contributed by atoms with Crippen LogP contribution < -0.4 is 10.6 Å². The highest BCUT2D eigenvalue weighted by Crippen LogP contribution is 2.29. The molecule has 1 fully saturated rings. The topological polar surface area (TPSA) is 63.4 Å². The summed E-state index contributed by atoms with van der Waals surface area (Å²) in [7, 11) is -3.20. The molecule has 1 aromatic rings. The molecule has 21 heavy (non-hydrogen) atoms. The lowest BCUT2D eigenvalue weighted by molar-refractivity contribution is 0.578. The number of thioether (sulfide) groups is 1. The van der Waals surface area contributed by atoms with E-state index in [2.05, 4.69) is 0 Å². The summed E-state index contributed by atoms with van der Waals surface area (Å²) < 4.78 is 38.3. The number of rotatable bonds is 5. The normalized spacial score (nSPS) is 19.8. The van der Waals surface area contributed by atoms with Gasteiger partial charge in [0.05, 0.1) is 0 Å². The summed E-state index contributed by atoms with van der Waals surface area (Å²) in [5.74, 6) is 1.12. The van der Waals surface area contributed by atoms with Crippen LogP contribution in [0.15, 0.2) is 18.2 Å². The van der Waals surface area contributed by atoms with E-state index in [-0.39, 0.29) is 11.6 Å². The third-order valence-electron chi connectivity index (χ3n) is 3.61. The van der Waals surface area contributed by atoms with Gasteiger partial charge in [0.2, 0.25) is 0 Å². The fourth-order valence-electron chi connectivity index (χ4n) is 2.48. The van der Waals surface area contributed by atoms with Gasteiger partial charge in [0, 0.05) is 29.5 Å². The van der Waals surface area contributed by atoms with Crippen molar-refractivity contribution in [3.63, 3.8) is 0 Å². The summed E-state index contributed by atoms with van der Waals surface area (Å²) in [5, 5.41) is -0.575. The van der Waals surface area contributed by atoms with Crippen LogP contribution in [0, 0.1) is 5.82 Å². The molecule has 1 aromatic carbocycles. The number of benzene rings is 1. The molecular weight excluding hydrogens is 311 g/mol. The van der Waals surface area contributed by atoms with Crippen molar-refractivity contribution in [1.82, 2.24) is 0 Å². The quantitative estimate of drug-likeness (QED) is 0.888. The van der Waals surface area contributed by atoms with E-state index < -0.39 is 15.2 Å². The van der Waals surface area contributed by atoms with E-state index in [0.717, 1.165) is 11.3 Å². The second-order valence-corrected chi connectivity index (χ2v) is 8.63. The van der Waals surface area contributed by atoms with Crippen LogP contribution in [0.25, 0.3) is 0 Å². The first-order chi connectivity index (χ1) is 9.97. The first-order valence-electron chi connectivity index (χ1n) is 7.03. The van der Waals surface area contributed by atoms with E-state index in [9.17, 15) is 12.8 Å². The van der Waals surface area contributed by atoms with Crippen LogP contribution >= 0.6 is 11.8 Å². The summed E-state index contributed by atoms with van der Waals surface area (Å²) in [5.41, 5.74) is 6.97. The second kappa shape index (κ2) is 6.98. The first kappa shape index (κ1) is 16.6. The van der Waals surface area contributed by atoms with Gasteiger partial charge in [-0.05, 0) is 36.7 Å². The zero-order valence-corrected chi connectivity index (χ0v) is 13.7. The lowest BCUT2D eigenvalue weighted by Crippen LogP contribution is -2.48. The van der Waals surface area contributed by atoms with Gasteiger partial charge < -0.3 is 10.6 Å². The molecule has 4 nitrogen and oxygen atoms in total. The first-order valence-corrected chi connectivity index (χ1v) is 9.90. The predicted molar refractivity (Wildman–Crippen MR) is 87.1 cm³/mol. The van der Waals surface area contributed by atoms with Crippen molar-refractivity contribution in [3.05, 3.63) is 29.6 Å². The Bertz CT molecular complexity index is 593. The zero-order valence-electron chi connectivity index (χ0n) is 12.1. The van der Waals surface area contributed by atoms with Gasteiger partial charge in [0.1, 0.15) is 11.2 Å². The number of anilines is 1. The summed E-state index contributed by atoms with van der Waals surface area (Å²) in [6.07, 6.45) is 0.582. The van der Waals surface area contributed by atoms with Crippen molar-refractivity contribution in [2.24, 2.45) is 5.73 Å². The fraction of sp³-hybridized carbons (Fsp3) is 0.571. The van der Waals surface area contributed by atoms with E-state index >= 15 is 0 Å². The number of hydrogen-bond acceptors (Lipinski definition) is 5. The Morgan fingerprint density at radius 1 is 1.43 bits per heavy atom. The number of nitrogens with zero attached hydrogens (tertiary/aromatic N) is 1.